The van der Waals surface area contributed by atoms with E-state index in [2.05, 4.69) is 35.7 Å². The van der Waals surface area contributed by atoms with Gasteiger partial charge in [0.05, 0.1) is 11.5 Å². The van der Waals surface area contributed by atoms with Crippen molar-refractivity contribution >= 4 is 11.8 Å². The number of nitrogens with zero attached hydrogens (tertiary/aromatic N) is 4. The summed E-state index contributed by atoms with van der Waals surface area (Å²) in [7, 11) is 0. The number of aromatic nitrogens is 1. The van der Waals surface area contributed by atoms with E-state index in [1.807, 2.05) is 4.90 Å². The zero-order valence-corrected chi connectivity index (χ0v) is 17.5. The number of hydrogen-bond acceptors (Lipinski definition) is 5. The molecule has 154 valence electrons. The summed E-state index contributed by atoms with van der Waals surface area (Å²) in [4.78, 5) is 32.4. The third kappa shape index (κ3) is 3.04. The van der Waals surface area contributed by atoms with E-state index >= 15 is 0 Å². The van der Waals surface area contributed by atoms with Gasteiger partial charge in [0.25, 0.3) is 5.91 Å². The summed E-state index contributed by atoms with van der Waals surface area (Å²) < 4.78 is 5.06. The van der Waals surface area contributed by atoms with E-state index in [1.54, 1.807) is 13.0 Å². The van der Waals surface area contributed by atoms with E-state index in [-0.39, 0.29) is 17.4 Å². The third-order valence-electron chi connectivity index (χ3n) is 6.91. The van der Waals surface area contributed by atoms with Crippen molar-refractivity contribution in [2.75, 3.05) is 39.3 Å². The Labute approximate surface area is 167 Å². The van der Waals surface area contributed by atoms with E-state index in [1.165, 1.54) is 0 Å². The predicted molar refractivity (Wildman–Crippen MR) is 105 cm³/mol. The Balaban J connectivity index is 1.50. The SMILES string of the molecule is CCN1C(=O)[C@H]2CN(CC(C)C)C[C@H]2C12CCN(C(=O)c1cc(C)on1)CC2. The van der Waals surface area contributed by atoms with Crippen molar-refractivity contribution in [1.82, 2.24) is 19.9 Å². The van der Waals surface area contributed by atoms with Crippen LogP contribution in [0, 0.1) is 24.7 Å². The maximum absolute atomic E-state index is 13.2. The smallest absolute Gasteiger partial charge is 0.276 e. The molecule has 1 aromatic heterocycles. The van der Waals surface area contributed by atoms with Crippen molar-refractivity contribution in [2.45, 2.75) is 46.1 Å². The Morgan fingerprint density at radius 3 is 2.61 bits per heavy atom. The Bertz CT molecular complexity index is 751. The molecule has 0 bridgehead atoms. The van der Waals surface area contributed by atoms with Gasteiger partial charge in [-0.05, 0) is 32.6 Å². The zero-order valence-electron chi connectivity index (χ0n) is 17.5. The number of carbonyl (C=O) groups excluding carboxylic acids is 2. The lowest BCUT2D eigenvalue weighted by molar-refractivity contribution is -0.135. The van der Waals surface area contributed by atoms with Gasteiger partial charge in [-0.15, -0.1) is 0 Å². The highest BCUT2D eigenvalue weighted by Crippen LogP contribution is 2.49. The van der Waals surface area contributed by atoms with Crippen LogP contribution in [0.3, 0.4) is 0 Å². The van der Waals surface area contributed by atoms with Crippen LogP contribution >= 0.6 is 0 Å². The van der Waals surface area contributed by atoms with Crippen LogP contribution in [0.2, 0.25) is 0 Å². The van der Waals surface area contributed by atoms with Crippen LogP contribution in [-0.4, -0.2) is 76.5 Å². The monoisotopic (exact) mass is 388 g/mol. The van der Waals surface area contributed by atoms with Crippen molar-refractivity contribution in [3.8, 4) is 0 Å². The topological polar surface area (TPSA) is 69.9 Å². The molecule has 0 radical (unpaired) electrons. The summed E-state index contributed by atoms with van der Waals surface area (Å²) >= 11 is 0. The van der Waals surface area contributed by atoms with E-state index in [4.69, 9.17) is 4.52 Å². The second kappa shape index (κ2) is 7.17. The average molecular weight is 389 g/mol. The molecule has 0 saturated carbocycles. The molecule has 3 aliphatic heterocycles. The van der Waals surface area contributed by atoms with Crippen molar-refractivity contribution in [2.24, 2.45) is 17.8 Å². The van der Waals surface area contributed by atoms with Gasteiger partial charge in [0.1, 0.15) is 5.76 Å². The molecule has 4 heterocycles. The standard InChI is InChI=1S/C21H32N4O3/c1-5-25-19(26)16-12-23(11-14(2)3)13-17(16)21(25)6-8-24(9-7-21)20(27)18-10-15(4)28-22-18/h10,14,16-17H,5-9,11-13H2,1-4H3/t16-,17+/m0/s1. The summed E-state index contributed by atoms with van der Waals surface area (Å²) in [6.45, 7) is 13.4. The molecule has 2 amide bonds. The minimum Gasteiger partial charge on any atom is -0.361 e. The van der Waals surface area contributed by atoms with E-state index in [0.29, 0.717) is 42.3 Å². The maximum atomic E-state index is 13.2. The van der Waals surface area contributed by atoms with Gasteiger partial charge in [-0.3, -0.25) is 9.59 Å². The number of likely N-dealkylation sites (tertiary alicyclic amines) is 3. The molecule has 3 aliphatic rings. The van der Waals surface area contributed by atoms with E-state index < -0.39 is 0 Å². The fourth-order valence-corrected chi connectivity index (χ4v) is 5.80. The number of piperidine rings is 1. The quantitative estimate of drug-likeness (QED) is 0.789. The fraction of sp³-hybridized carbons (Fsp3) is 0.762. The van der Waals surface area contributed by atoms with Crippen molar-refractivity contribution in [3.05, 3.63) is 17.5 Å². The molecular weight excluding hydrogens is 356 g/mol. The Hall–Kier alpha value is -1.89. The number of aryl methyl sites for hydroxylation is 1. The second-order valence-electron chi connectivity index (χ2n) is 9.13. The Morgan fingerprint density at radius 2 is 2.04 bits per heavy atom. The van der Waals surface area contributed by atoms with Crippen LogP contribution in [0.25, 0.3) is 0 Å². The van der Waals surface area contributed by atoms with Crippen LogP contribution in [0.15, 0.2) is 10.6 Å². The maximum Gasteiger partial charge on any atom is 0.276 e. The van der Waals surface area contributed by atoms with Gasteiger partial charge in [-0.25, -0.2) is 0 Å². The van der Waals surface area contributed by atoms with Crippen LogP contribution in [0.4, 0.5) is 0 Å². The molecule has 4 rings (SSSR count). The Kier molecular flexibility index (Phi) is 4.98. The lowest BCUT2D eigenvalue weighted by Gasteiger charge is -2.47. The lowest BCUT2D eigenvalue weighted by Crippen LogP contribution is -2.57. The number of hydrogen-bond donors (Lipinski definition) is 0. The Morgan fingerprint density at radius 1 is 1.32 bits per heavy atom. The number of fused-ring (bicyclic) bond motifs is 2. The third-order valence-corrected chi connectivity index (χ3v) is 6.91. The molecule has 0 N–H and O–H groups in total. The predicted octanol–water partition coefficient (Wildman–Crippen LogP) is 2.02. The molecule has 0 unspecified atom stereocenters. The zero-order chi connectivity index (χ0) is 20.1. The van der Waals surface area contributed by atoms with Crippen LogP contribution < -0.4 is 0 Å². The first-order valence-corrected chi connectivity index (χ1v) is 10.6. The van der Waals surface area contributed by atoms with Gasteiger partial charge in [0.2, 0.25) is 5.91 Å². The van der Waals surface area contributed by atoms with Gasteiger partial charge in [-0.1, -0.05) is 19.0 Å². The summed E-state index contributed by atoms with van der Waals surface area (Å²) in [6, 6.07) is 1.70. The molecular formula is C21H32N4O3. The van der Waals surface area contributed by atoms with Crippen LogP contribution in [-0.2, 0) is 4.79 Å². The minimum absolute atomic E-state index is 0.0662. The largest absolute Gasteiger partial charge is 0.361 e. The van der Waals surface area contributed by atoms with E-state index in [0.717, 1.165) is 39.0 Å². The van der Waals surface area contributed by atoms with Crippen LogP contribution in [0.1, 0.15) is 49.9 Å². The summed E-state index contributed by atoms with van der Waals surface area (Å²) in [5.74, 6) is 2.02. The number of amides is 2. The van der Waals surface area contributed by atoms with Gasteiger partial charge in [0, 0.05) is 51.3 Å². The van der Waals surface area contributed by atoms with Crippen molar-refractivity contribution in [3.63, 3.8) is 0 Å². The van der Waals surface area contributed by atoms with Crippen molar-refractivity contribution in [1.29, 1.82) is 0 Å². The molecule has 28 heavy (non-hydrogen) atoms. The van der Waals surface area contributed by atoms with Crippen LogP contribution in [0.5, 0.6) is 0 Å². The molecule has 1 aromatic rings. The molecule has 0 aliphatic carbocycles. The summed E-state index contributed by atoms with van der Waals surface area (Å²) in [5, 5.41) is 3.88. The lowest BCUT2D eigenvalue weighted by atomic mass is 9.75. The van der Waals surface area contributed by atoms with Gasteiger partial charge >= 0.3 is 0 Å². The summed E-state index contributed by atoms with van der Waals surface area (Å²) in [6.07, 6.45) is 1.71. The highest BCUT2D eigenvalue weighted by Gasteiger charge is 2.61. The molecule has 2 atom stereocenters. The number of carbonyl (C=O) groups is 2. The highest BCUT2D eigenvalue weighted by molar-refractivity contribution is 5.92. The number of rotatable bonds is 4. The molecule has 7 heteroatoms. The normalized spacial score (nSPS) is 27.2. The van der Waals surface area contributed by atoms with Gasteiger partial charge in [-0.2, -0.15) is 0 Å². The first-order chi connectivity index (χ1) is 13.4. The highest BCUT2D eigenvalue weighted by atomic mass is 16.5. The summed E-state index contributed by atoms with van der Waals surface area (Å²) in [5.41, 5.74) is 0.281. The average Bonchev–Trinajstić information content (AvgIpc) is 3.32. The van der Waals surface area contributed by atoms with Crippen molar-refractivity contribution < 1.29 is 14.1 Å². The minimum atomic E-state index is -0.0985. The molecule has 3 saturated heterocycles. The van der Waals surface area contributed by atoms with Gasteiger partial charge in [0.15, 0.2) is 5.69 Å². The van der Waals surface area contributed by atoms with E-state index in [9.17, 15) is 9.59 Å². The first-order valence-electron chi connectivity index (χ1n) is 10.6. The second-order valence-corrected chi connectivity index (χ2v) is 9.13. The molecule has 1 spiro atoms. The first kappa shape index (κ1) is 19.4. The molecule has 7 nitrogen and oxygen atoms in total. The van der Waals surface area contributed by atoms with Gasteiger partial charge < -0.3 is 19.2 Å². The molecule has 0 aromatic carbocycles. The fourth-order valence-electron chi connectivity index (χ4n) is 5.80. The molecule has 3 fully saturated rings.